The van der Waals surface area contributed by atoms with Crippen LogP contribution >= 0.6 is 12.4 Å². The Hall–Kier alpha value is -1.56. The Labute approximate surface area is 129 Å². The third kappa shape index (κ3) is 2.77. The molecule has 0 saturated carbocycles. The normalized spacial score (nSPS) is 18.9. The van der Waals surface area contributed by atoms with Crippen molar-refractivity contribution < 1.29 is 14.6 Å². The van der Waals surface area contributed by atoms with Gasteiger partial charge in [0, 0.05) is 31.2 Å². The van der Waals surface area contributed by atoms with Crippen LogP contribution in [0.1, 0.15) is 37.6 Å². The molecule has 0 fully saturated rings. The van der Waals surface area contributed by atoms with Gasteiger partial charge >= 0.3 is 0 Å². The number of aromatic amines is 1. The Morgan fingerprint density at radius 3 is 2.81 bits per heavy atom. The summed E-state index contributed by atoms with van der Waals surface area (Å²) in [7, 11) is 0. The van der Waals surface area contributed by atoms with E-state index in [1.165, 1.54) is 0 Å². The number of nitrogens with zero attached hydrogens (tertiary/aromatic N) is 1. The lowest BCUT2D eigenvalue weighted by molar-refractivity contribution is -0.181. The Bertz CT molecular complexity index is 624. The average Bonchev–Trinajstić information content (AvgIpc) is 2.91. The van der Waals surface area contributed by atoms with Crippen LogP contribution in [-0.4, -0.2) is 20.9 Å². The minimum atomic E-state index is -1.22. The van der Waals surface area contributed by atoms with Gasteiger partial charge in [-0.1, -0.05) is 18.2 Å². The number of imidazole rings is 1. The Morgan fingerprint density at radius 2 is 2.14 bits per heavy atom. The molecule has 2 aromatic rings. The van der Waals surface area contributed by atoms with E-state index in [2.05, 4.69) is 9.97 Å². The summed E-state index contributed by atoms with van der Waals surface area (Å²) < 4.78 is 11.5. The molecule has 5 nitrogen and oxygen atoms in total. The van der Waals surface area contributed by atoms with Gasteiger partial charge in [0.15, 0.2) is 0 Å². The number of hydrogen-bond acceptors (Lipinski definition) is 4. The van der Waals surface area contributed by atoms with Crippen LogP contribution in [0.2, 0.25) is 0 Å². The van der Waals surface area contributed by atoms with Crippen LogP contribution in [0.25, 0.3) is 0 Å². The van der Waals surface area contributed by atoms with Crippen molar-refractivity contribution in [2.24, 2.45) is 0 Å². The van der Waals surface area contributed by atoms with Gasteiger partial charge in [-0.2, -0.15) is 0 Å². The minimum Gasteiger partial charge on any atom is -0.462 e. The van der Waals surface area contributed by atoms with Crippen LogP contribution in [0.3, 0.4) is 0 Å². The van der Waals surface area contributed by atoms with E-state index in [1.807, 2.05) is 32.0 Å². The zero-order chi connectivity index (χ0) is 14.4. The van der Waals surface area contributed by atoms with Gasteiger partial charge in [-0.3, -0.25) is 0 Å². The SMILES string of the molecule is CC1(C)OCc2cccc(C(C)(O)c3c[nH]cn3)c2O1.Cl. The highest BCUT2D eigenvalue weighted by Crippen LogP contribution is 2.41. The van der Waals surface area contributed by atoms with Crippen molar-refractivity contribution in [3.05, 3.63) is 47.5 Å². The number of para-hydroxylation sites is 1. The largest absolute Gasteiger partial charge is 0.462 e. The predicted molar refractivity (Wildman–Crippen MR) is 80.4 cm³/mol. The highest BCUT2D eigenvalue weighted by atomic mass is 35.5. The third-order valence-electron chi connectivity index (χ3n) is 3.54. The number of aromatic nitrogens is 2. The fourth-order valence-electron chi connectivity index (χ4n) is 2.39. The molecule has 1 aliphatic rings. The molecule has 2 N–H and O–H groups in total. The van der Waals surface area contributed by atoms with Crippen molar-refractivity contribution in [3.63, 3.8) is 0 Å². The number of halogens is 1. The monoisotopic (exact) mass is 310 g/mol. The number of hydrogen-bond donors (Lipinski definition) is 2. The van der Waals surface area contributed by atoms with E-state index in [4.69, 9.17) is 9.47 Å². The van der Waals surface area contributed by atoms with Gasteiger partial charge in [-0.05, 0) is 6.92 Å². The van der Waals surface area contributed by atoms with E-state index >= 15 is 0 Å². The lowest BCUT2D eigenvalue weighted by Crippen LogP contribution is -2.37. The van der Waals surface area contributed by atoms with Crippen molar-refractivity contribution in [1.29, 1.82) is 0 Å². The van der Waals surface area contributed by atoms with Gasteiger partial charge in [0.2, 0.25) is 5.79 Å². The number of ether oxygens (including phenoxy) is 2. The standard InChI is InChI=1S/C15H18N2O3.ClH/c1-14(2)19-8-10-5-4-6-11(13(10)20-14)15(3,18)12-7-16-9-17-12;/h4-7,9,18H,8H2,1-3H3,(H,16,17);1H. The molecule has 6 heteroatoms. The molecule has 0 saturated heterocycles. The van der Waals surface area contributed by atoms with E-state index in [0.29, 0.717) is 23.6 Å². The Morgan fingerprint density at radius 1 is 1.38 bits per heavy atom. The van der Waals surface area contributed by atoms with Crippen molar-refractivity contribution >= 4 is 12.4 Å². The summed E-state index contributed by atoms with van der Waals surface area (Å²) in [5, 5.41) is 10.9. The van der Waals surface area contributed by atoms with E-state index in [-0.39, 0.29) is 12.4 Å². The number of fused-ring (bicyclic) bond motifs is 1. The van der Waals surface area contributed by atoms with Crippen LogP contribution in [0.15, 0.2) is 30.7 Å². The molecule has 3 rings (SSSR count). The van der Waals surface area contributed by atoms with Crippen LogP contribution in [0.4, 0.5) is 0 Å². The molecule has 21 heavy (non-hydrogen) atoms. The van der Waals surface area contributed by atoms with Gasteiger partial charge in [0.1, 0.15) is 11.4 Å². The first-order valence-electron chi connectivity index (χ1n) is 6.57. The maximum atomic E-state index is 10.9. The smallest absolute Gasteiger partial charge is 0.205 e. The topological polar surface area (TPSA) is 67.4 Å². The van der Waals surface area contributed by atoms with Gasteiger partial charge in [-0.15, -0.1) is 12.4 Å². The molecule has 1 atom stereocenters. The lowest BCUT2D eigenvalue weighted by Gasteiger charge is -2.36. The van der Waals surface area contributed by atoms with Crippen molar-refractivity contribution in [3.8, 4) is 5.75 Å². The lowest BCUT2D eigenvalue weighted by atomic mass is 9.90. The highest BCUT2D eigenvalue weighted by molar-refractivity contribution is 5.85. The third-order valence-corrected chi connectivity index (χ3v) is 3.54. The van der Waals surface area contributed by atoms with Crippen molar-refractivity contribution in [2.45, 2.75) is 38.8 Å². The Balaban J connectivity index is 0.00000161. The molecule has 0 aliphatic carbocycles. The number of rotatable bonds is 2. The molecule has 114 valence electrons. The second kappa shape index (κ2) is 5.33. The van der Waals surface area contributed by atoms with Gasteiger partial charge < -0.3 is 19.6 Å². The summed E-state index contributed by atoms with van der Waals surface area (Å²) in [5.41, 5.74) is 0.952. The molecule has 1 aromatic heterocycles. The van der Waals surface area contributed by atoms with Gasteiger partial charge in [-0.25, -0.2) is 4.98 Å². The molecule has 2 heterocycles. The fraction of sp³-hybridized carbons (Fsp3) is 0.400. The van der Waals surface area contributed by atoms with E-state index in [9.17, 15) is 5.11 Å². The van der Waals surface area contributed by atoms with E-state index < -0.39 is 11.4 Å². The molecule has 0 amide bonds. The van der Waals surface area contributed by atoms with Crippen LogP contribution in [0, 0.1) is 0 Å². The quantitative estimate of drug-likeness (QED) is 0.895. The maximum absolute atomic E-state index is 10.9. The van der Waals surface area contributed by atoms with Gasteiger partial charge in [0.25, 0.3) is 0 Å². The van der Waals surface area contributed by atoms with E-state index in [0.717, 1.165) is 5.56 Å². The zero-order valence-corrected chi connectivity index (χ0v) is 13.0. The van der Waals surface area contributed by atoms with Gasteiger partial charge in [0.05, 0.1) is 18.6 Å². The maximum Gasteiger partial charge on any atom is 0.205 e. The first kappa shape index (κ1) is 15.8. The molecule has 0 bridgehead atoms. The number of nitrogens with one attached hydrogen (secondary N) is 1. The summed E-state index contributed by atoms with van der Waals surface area (Å²) in [4.78, 5) is 7.02. The first-order valence-corrected chi connectivity index (χ1v) is 6.57. The summed E-state index contributed by atoms with van der Waals surface area (Å²) in [6.45, 7) is 5.89. The number of aliphatic hydroxyl groups is 1. The highest BCUT2D eigenvalue weighted by Gasteiger charge is 2.36. The van der Waals surface area contributed by atoms with Crippen LogP contribution in [-0.2, 0) is 16.9 Å². The fourth-order valence-corrected chi connectivity index (χ4v) is 2.39. The van der Waals surface area contributed by atoms with Crippen LogP contribution in [0.5, 0.6) is 5.75 Å². The second-order valence-corrected chi connectivity index (χ2v) is 5.61. The first-order chi connectivity index (χ1) is 9.40. The Kier molecular flexibility index (Phi) is 4.02. The van der Waals surface area contributed by atoms with Crippen molar-refractivity contribution in [2.75, 3.05) is 0 Å². The van der Waals surface area contributed by atoms with E-state index in [1.54, 1.807) is 19.4 Å². The molecule has 0 spiro atoms. The molecular formula is C15H19ClN2O3. The molecule has 1 aromatic carbocycles. The molecule has 1 unspecified atom stereocenters. The molecule has 1 aliphatic heterocycles. The number of benzene rings is 1. The summed E-state index contributed by atoms with van der Waals surface area (Å²) >= 11 is 0. The minimum absolute atomic E-state index is 0. The van der Waals surface area contributed by atoms with Crippen LogP contribution < -0.4 is 4.74 Å². The van der Waals surface area contributed by atoms with Crippen molar-refractivity contribution in [1.82, 2.24) is 9.97 Å². The number of H-pyrrole nitrogens is 1. The summed E-state index contributed by atoms with van der Waals surface area (Å²) in [6.07, 6.45) is 3.23. The average molecular weight is 311 g/mol. The second-order valence-electron chi connectivity index (χ2n) is 5.61. The zero-order valence-electron chi connectivity index (χ0n) is 12.2. The molecular weight excluding hydrogens is 292 g/mol. The predicted octanol–water partition coefficient (Wildman–Crippen LogP) is 2.73. The summed E-state index contributed by atoms with van der Waals surface area (Å²) in [6, 6.07) is 5.68. The molecule has 0 radical (unpaired) electrons. The summed E-state index contributed by atoms with van der Waals surface area (Å²) in [5.74, 6) is -0.0261.